The van der Waals surface area contributed by atoms with Crippen molar-refractivity contribution in [2.45, 2.75) is 64.1 Å². The Morgan fingerprint density at radius 1 is 1.08 bits per heavy atom. The van der Waals surface area contributed by atoms with E-state index in [1.54, 1.807) is 4.90 Å². The first kappa shape index (κ1) is 17.5. The number of nitrogens with zero attached hydrogens (tertiary/aromatic N) is 2. The van der Waals surface area contributed by atoms with Crippen LogP contribution in [0, 0.1) is 19.8 Å². The van der Waals surface area contributed by atoms with Crippen molar-refractivity contribution in [3.8, 4) is 0 Å². The molecule has 3 unspecified atom stereocenters. The van der Waals surface area contributed by atoms with Gasteiger partial charge in [0, 0.05) is 37.4 Å². The zero-order valence-corrected chi connectivity index (χ0v) is 16.0. The molecule has 0 aromatic heterocycles. The minimum Gasteiger partial charge on any atom is -0.342 e. The molecule has 1 N–H and O–H groups in total. The topological polar surface area (TPSA) is 52.7 Å². The summed E-state index contributed by atoms with van der Waals surface area (Å²) in [6.45, 7) is 4.71. The van der Waals surface area contributed by atoms with Crippen molar-refractivity contribution in [2.75, 3.05) is 18.5 Å². The molecular formula is C21H29N3O2. The Kier molecular flexibility index (Phi) is 4.51. The van der Waals surface area contributed by atoms with E-state index < -0.39 is 5.92 Å². The summed E-state index contributed by atoms with van der Waals surface area (Å²) in [6.07, 6.45) is 5.08. The summed E-state index contributed by atoms with van der Waals surface area (Å²) in [5, 5.41) is 3.62. The number of benzene rings is 1. The van der Waals surface area contributed by atoms with Gasteiger partial charge in [-0.25, -0.2) is 0 Å². The number of hydrogen-bond acceptors (Lipinski definition) is 3. The predicted molar refractivity (Wildman–Crippen MR) is 102 cm³/mol. The number of aryl methyl sites for hydroxylation is 2. The second-order valence-electron chi connectivity index (χ2n) is 8.39. The molecule has 5 heteroatoms. The van der Waals surface area contributed by atoms with Crippen molar-refractivity contribution < 1.29 is 9.59 Å². The lowest BCUT2D eigenvalue weighted by Gasteiger charge is -2.36. The molecule has 3 aliphatic rings. The standard InChI is InChI=1S/C21H29N3O2/c1-13-8-14(2)10-18(9-13)24-7-6-19(21(24)26)20(25)23(3)17-11-15-4-5-16(12-17)22-15/h8-10,15-17,19,22H,4-7,11-12H2,1-3H3. The molecule has 3 saturated heterocycles. The monoisotopic (exact) mass is 355 g/mol. The Labute approximate surface area is 155 Å². The summed E-state index contributed by atoms with van der Waals surface area (Å²) in [4.78, 5) is 29.7. The van der Waals surface area contributed by atoms with Crippen LogP contribution in [0.4, 0.5) is 5.69 Å². The van der Waals surface area contributed by atoms with Crippen LogP contribution in [0.5, 0.6) is 0 Å². The number of nitrogens with one attached hydrogen (secondary N) is 1. The van der Waals surface area contributed by atoms with Gasteiger partial charge in [0.2, 0.25) is 11.8 Å². The van der Waals surface area contributed by atoms with Crippen molar-refractivity contribution >= 4 is 17.5 Å². The summed E-state index contributed by atoms with van der Waals surface area (Å²) in [5.41, 5.74) is 3.21. The molecule has 0 radical (unpaired) electrons. The third-order valence-electron chi connectivity index (χ3n) is 6.37. The largest absolute Gasteiger partial charge is 0.342 e. The van der Waals surface area contributed by atoms with Crippen LogP contribution in [0.1, 0.15) is 43.2 Å². The Morgan fingerprint density at radius 2 is 1.69 bits per heavy atom. The van der Waals surface area contributed by atoms with Crippen LogP contribution in [0.3, 0.4) is 0 Å². The lowest BCUT2D eigenvalue weighted by atomic mass is 9.96. The van der Waals surface area contributed by atoms with Crippen molar-refractivity contribution in [1.82, 2.24) is 10.2 Å². The molecule has 140 valence electrons. The Balaban J connectivity index is 1.46. The fraction of sp³-hybridized carbons (Fsp3) is 0.619. The van der Waals surface area contributed by atoms with E-state index in [9.17, 15) is 9.59 Å². The lowest BCUT2D eigenvalue weighted by molar-refractivity contribution is -0.141. The van der Waals surface area contributed by atoms with Gasteiger partial charge < -0.3 is 15.1 Å². The molecular weight excluding hydrogens is 326 g/mol. The predicted octanol–water partition coefficient (Wildman–Crippen LogP) is 2.40. The fourth-order valence-electron chi connectivity index (χ4n) is 5.04. The first-order valence-corrected chi connectivity index (χ1v) is 9.85. The summed E-state index contributed by atoms with van der Waals surface area (Å²) < 4.78 is 0. The van der Waals surface area contributed by atoms with Gasteiger partial charge in [0.25, 0.3) is 0 Å². The van der Waals surface area contributed by atoms with Crippen LogP contribution in [-0.4, -0.2) is 48.4 Å². The SMILES string of the molecule is Cc1cc(C)cc(N2CCC(C(=O)N(C)C3CC4CCC(C3)N4)C2=O)c1. The van der Waals surface area contributed by atoms with Gasteiger partial charge in [0.1, 0.15) is 5.92 Å². The maximum atomic E-state index is 13.1. The number of anilines is 1. The van der Waals surface area contributed by atoms with Crippen LogP contribution >= 0.6 is 0 Å². The molecule has 4 rings (SSSR count). The normalized spacial score (nSPS) is 30.7. The Morgan fingerprint density at radius 3 is 2.31 bits per heavy atom. The number of hydrogen-bond donors (Lipinski definition) is 1. The molecule has 26 heavy (non-hydrogen) atoms. The van der Waals surface area contributed by atoms with Crippen molar-refractivity contribution in [3.05, 3.63) is 29.3 Å². The van der Waals surface area contributed by atoms with Gasteiger partial charge >= 0.3 is 0 Å². The zero-order chi connectivity index (χ0) is 18.4. The molecule has 5 nitrogen and oxygen atoms in total. The van der Waals surface area contributed by atoms with Gasteiger partial charge in [-0.15, -0.1) is 0 Å². The summed E-state index contributed by atoms with van der Waals surface area (Å²) in [7, 11) is 1.89. The zero-order valence-electron chi connectivity index (χ0n) is 16.0. The number of amides is 2. The third kappa shape index (κ3) is 3.13. The quantitative estimate of drug-likeness (QED) is 0.847. The van der Waals surface area contributed by atoms with Crippen LogP contribution in [0.15, 0.2) is 18.2 Å². The molecule has 0 saturated carbocycles. The molecule has 0 aliphatic carbocycles. The maximum absolute atomic E-state index is 13.1. The minimum atomic E-state index is -0.520. The van der Waals surface area contributed by atoms with Gasteiger partial charge in [-0.1, -0.05) is 6.07 Å². The van der Waals surface area contributed by atoms with E-state index in [0.717, 1.165) is 29.7 Å². The number of piperidine rings is 1. The molecule has 0 spiro atoms. The first-order chi connectivity index (χ1) is 12.4. The summed E-state index contributed by atoms with van der Waals surface area (Å²) in [5.74, 6) is -0.551. The second-order valence-corrected chi connectivity index (χ2v) is 8.39. The number of carbonyl (C=O) groups excluding carboxylic acids is 2. The summed E-state index contributed by atoms with van der Waals surface area (Å²) in [6, 6.07) is 7.52. The van der Waals surface area contributed by atoms with Crippen molar-refractivity contribution in [2.24, 2.45) is 5.92 Å². The van der Waals surface area contributed by atoms with Gasteiger partial charge in [0.05, 0.1) is 0 Å². The molecule has 1 aromatic rings. The summed E-state index contributed by atoms with van der Waals surface area (Å²) >= 11 is 0. The Hall–Kier alpha value is -1.88. The first-order valence-electron chi connectivity index (χ1n) is 9.85. The smallest absolute Gasteiger partial charge is 0.239 e. The van der Waals surface area contributed by atoms with E-state index in [4.69, 9.17) is 0 Å². The number of carbonyl (C=O) groups is 2. The average Bonchev–Trinajstić information content (AvgIpc) is 3.14. The van der Waals surface area contributed by atoms with E-state index in [0.29, 0.717) is 25.0 Å². The Bertz CT molecular complexity index is 700. The highest BCUT2D eigenvalue weighted by Crippen LogP contribution is 2.32. The van der Waals surface area contributed by atoms with Crippen molar-refractivity contribution in [3.63, 3.8) is 0 Å². The highest BCUT2D eigenvalue weighted by molar-refractivity contribution is 6.09. The highest BCUT2D eigenvalue weighted by atomic mass is 16.2. The van der Waals surface area contributed by atoms with E-state index in [1.165, 1.54) is 12.8 Å². The van der Waals surface area contributed by atoms with Crippen LogP contribution in [0.2, 0.25) is 0 Å². The molecule has 2 bridgehead atoms. The molecule has 3 heterocycles. The van der Waals surface area contributed by atoms with Gasteiger partial charge in [0.15, 0.2) is 0 Å². The lowest BCUT2D eigenvalue weighted by Crippen LogP contribution is -2.50. The molecule has 3 aliphatic heterocycles. The molecule has 3 atom stereocenters. The number of fused-ring (bicyclic) bond motifs is 2. The van der Waals surface area contributed by atoms with Crippen molar-refractivity contribution in [1.29, 1.82) is 0 Å². The molecule has 1 aromatic carbocycles. The molecule has 2 amide bonds. The number of rotatable bonds is 3. The van der Waals surface area contributed by atoms with E-state index in [-0.39, 0.29) is 17.9 Å². The minimum absolute atomic E-state index is 0.00757. The third-order valence-corrected chi connectivity index (χ3v) is 6.37. The van der Waals surface area contributed by atoms with E-state index >= 15 is 0 Å². The highest BCUT2D eigenvalue weighted by Gasteiger charge is 2.42. The van der Waals surface area contributed by atoms with Crippen LogP contribution in [-0.2, 0) is 9.59 Å². The van der Waals surface area contributed by atoms with Gasteiger partial charge in [-0.05, 0) is 69.2 Å². The van der Waals surface area contributed by atoms with Crippen LogP contribution in [0.25, 0.3) is 0 Å². The van der Waals surface area contributed by atoms with Gasteiger partial charge in [-0.2, -0.15) is 0 Å². The second kappa shape index (κ2) is 6.69. The molecule has 3 fully saturated rings. The fourth-order valence-corrected chi connectivity index (χ4v) is 5.04. The van der Waals surface area contributed by atoms with Crippen LogP contribution < -0.4 is 10.2 Å². The van der Waals surface area contributed by atoms with E-state index in [1.807, 2.05) is 37.9 Å². The van der Waals surface area contributed by atoms with E-state index in [2.05, 4.69) is 11.4 Å². The average molecular weight is 355 g/mol. The van der Waals surface area contributed by atoms with Gasteiger partial charge in [-0.3, -0.25) is 9.59 Å². The maximum Gasteiger partial charge on any atom is 0.239 e.